The molecule has 2 N–H and O–H groups in total. The molecule has 0 saturated carbocycles. The average Bonchev–Trinajstić information content (AvgIpc) is 2.35. The Hall–Kier alpha value is -3.04. The summed E-state index contributed by atoms with van der Waals surface area (Å²) in [6.45, 7) is 1.43. The van der Waals surface area contributed by atoms with Gasteiger partial charge in [0.25, 0.3) is 5.69 Å². The predicted molar refractivity (Wildman–Crippen MR) is 68.7 cm³/mol. The van der Waals surface area contributed by atoms with Crippen LogP contribution in [0.2, 0.25) is 0 Å². The van der Waals surface area contributed by atoms with Gasteiger partial charge in [-0.2, -0.15) is 5.10 Å². The van der Waals surface area contributed by atoms with E-state index in [-0.39, 0.29) is 17.8 Å². The summed E-state index contributed by atoms with van der Waals surface area (Å²) in [5, 5.41) is 33.6. The summed E-state index contributed by atoms with van der Waals surface area (Å²) in [5.41, 5.74) is 1.52. The van der Waals surface area contributed by atoms with Crippen LogP contribution in [0.1, 0.15) is 13.3 Å². The van der Waals surface area contributed by atoms with Crippen molar-refractivity contribution in [1.29, 1.82) is 0 Å². The third kappa shape index (κ3) is 4.01. The summed E-state index contributed by atoms with van der Waals surface area (Å²) in [5.74, 6) is -1.09. The lowest BCUT2D eigenvalue weighted by molar-refractivity contribution is -0.393. The molecule has 0 saturated heterocycles. The Kier molecular flexibility index (Phi) is 4.67. The van der Waals surface area contributed by atoms with Crippen molar-refractivity contribution in [2.75, 3.05) is 5.43 Å². The van der Waals surface area contributed by atoms with E-state index in [0.29, 0.717) is 0 Å². The molecule has 0 fully saturated rings. The quantitative estimate of drug-likeness (QED) is 0.458. The average molecular weight is 282 g/mol. The summed E-state index contributed by atoms with van der Waals surface area (Å²) in [6.07, 6.45) is -0.326. The molecule has 0 spiro atoms. The molecule has 0 bridgehead atoms. The summed E-state index contributed by atoms with van der Waals surface area (Å²) >= 11 is 0. The van der Waals surface area contributed by atoms with Crippen LogP contribution in [0, 0.1) is 20.2 Å². The molecule has 1 aromatic rings. The minimum absolute atomic E-state index is 0.0645. The largest absolute Gasteiger partial charge is 0.481 e. The molecule has 0 aliphatic heterocycles. The third-order valence-corrected chi connectivity index (χ3v) is 2.16. The minimum Gasteiger partial charge on any atom is -0.481 e. The van der Waals surface area contributed by atoms with Crippen molar-refractivity contribution in [3.8, 4) is 0 Å². The van der Waals surface area contributed by atoms with Crippen molar-refractivity contribution >= 4 is 28.7 Å². The number of nitrogens with zero attached hydrogens (tertiary/aromatic N) is 3. The predicted octanol–water partition coefficient (Wildman–Crippen LogP) is 1.77. The number of nitrogens with one attached hydrogen (secondary N) is 1. The maximum atomic E-state index is 10.8. The van der Waals surface area contributed by atoms with Gasteiger partial charge in [-0.3, -0.25) is 30.4 Å². The van der Waals surface area contributed by atoms with Gasteiger partial charge in [0.1, 0.15) is 5.69 Å². The van der Waals surface area contributed by atoms with Crippen LogP contribution in [0.5, 0.6) is 0 Å². The number of benzene rings is 1. The minimum atomic E-state index is -1.09. The van der Waals surface area contributed by atoms with Gasteiger partial charge in [-0.05, 0) is 13.0 Å². The molecule has 0 unspecified atom stereocenters. The molecule has 0 aromatic heterocycles. The number of anilines is 1. The highest BCUT2D eigenvalue weighted by atomic mass is 16.6. The van der Waals surface area contributed by atoms with Crippen LogP contribution in [0.3, 0.4) is 0 Å². The van der Waals surface area contributed by atoms with E-state index in [1.807, 2.05) is 0 Å². The van der Waals surface area contributed by atoms with Gasteiger partial charge in [0.2, 0.25) is 0 Å². The Labute approximate surface area is 112 Å². The van der Waals surface area contributed by atoms with E-state index in [9.17, 15) is 25.0 Å². The summed E-state index contributed by atoms with van der Waals surface area (Å²) < 4.78 is 0. The van der Waals surface area contributed by atoms with Gasteiger partial charge in [0.15, 0.2) is 0 Å². The molecule has 0 aliphatic rings. The topological polar surface area (TPSA) is 148 Å². The monoisotopic (exact) mass is 282 g/mol. The van der Waals surface area contributed by atoms with E-state index in [4.69, 9.17) is 5.11 Å². The smallest absolute Gasteiger partial charge is 0.309 e. The zero-order valence-electron chi connectivity index (χ0n) is 10.3. The first kappa shape index (κ1) is 15.0. The van der Waals surface area contributed by atoms with Crippen molar-refractivity contribution in [3.05, 3.63) is 38.4 Å². The fourth-order valence-corrected chi connectivity index (χ4v) is 1.29. The molecule has 20 heavy (non-hydrogen) atoms. The molecule has 1 aromatic carbocycles. The second-order valence-electron chi connectivity index (χ2n) is 3.75. The normalized spacial score (nSPS) is 10.9. The molecule has 0 heterocycles. The van der Waals surface area contributed by atoms with Crippen molar-refractivity contribution in [2.45, 2.75) is 13.3 Å². The summed E-state index contributed by atoms with van der Waals surface area (Å²) in [7, 11) is 0. The maximum Gasteiger partial charge on any atom is 0.309 e. The first-order valence-electron chi connectivity index (χ1n) is 5.25. The lowest BCUT2D eigenvalue weighted by Gasteiger charge is -2.03. The lowest BCUT2D eigenvalue weighted by atomic mass is 10.2. The number of carboxylic acids is 1. The number of hydrogen-bond acceptors (Lipinski definition) is 7. The SMILES string of the molecule is CC(CC(=O)O)=NNc1ccc([N+](=O)[O-])cc1[N+](=O)[O-]. The maximum absolute atomic E-state index is 10.8. The number of carboxylic acid groups (broad SMARTS) is 1. The Balaban J connectivity index is 3.03. The van der Waals surface area contributed by atoms with Crippen molar-refractivity contribution in [3.63, 3.8) is 0 Å². The number of nitro groups is 2. The molecule has 0 atom stereocenters. The van der Waals surface area contributed by atoms with E-state index >= 15 is 0 Å². The Morgan fingerprint density at radius 1 is 1.35 bits per heavy atom. The number of hydrogen-bond donors (Lipinski definition) is 2. The molecule has 0 amide bonds. The van der Waals surface area contributed by atoms with Crippen LogP contribution in [0.25, 0.3) is 0 Å². The van der Waals surface area contributed by atoms with Gasteiger partial charge in [-0.25, -0.2) is 0 Å². The molecule has 106 valence electrons. The number of hydrazone groups is 1. The Morgan fingerprint density at radius 3 is 2.50 bits per heavy atom. The molecule has 1 rings (SSSR count). The van der Waals surface area contributed by atoms with E-state index in [1.165, 1.54) is 6.92 Å². The van der Waals surface area contributed by atoms with Crippen LogP contribution >= 0.6 is 0 Å². The van der Waals surface area contributed by atoms with Gasteiger partial charge < -0.3 is 5.11 Å². The van der Waals surface area contributed by atoms with E-state index < -0.39 is 27.2 Å². The standard InChI is InChI=1S/C10H10N4O6/c1-6(4-10(15)16)11-12-8-3-2-7(13(17)18)5-9(8)14(19)20/h2-3,5,12H,4H2,1H3,(H,15,16). The summed E-state index contributed by atoms with van der Waals surface area (Å²) in [6, 6.07) is 3.01. The molecular formula is C10H10N4O6. The highest BCUT2D eigenvalue weighted by Gasteiger charge is 2.19. The van der Waals surface area contributed by atoms with Crippen molar-refractivity contribution < 1.29 is 19.7 Å². The first-order chi connectivity index (χ1) is 9.31. The van der Waals surface area contributed by atoms with Crippen LogP contribution in [-0.2, 0) is 4.79 Å². The van der Waals surface area contributed by atoms with Gasteiger partial charge in [0, 0.05) is 11.8 Å². The van der Waals surface area contributed by atoms with E-state index in [1.54, 1.807) is 0 Å². The van der Waals surface area contributed by atoms with E-state index in [2.05, 4.69) is 10.5 Å². The highest BCUT2D eigenvalue weighted by molar-refractivity contribution is 5.97. The number of carbonyl (C=O) groups is 1. The van der Waals surface area contributed by atoms with Crippen LogP contribution in [0.4, 0.5) is 17.1 Å². The van der Waals surface area contributed by atoms with Gasteiger partial charge in [-0.1, -0.05) is 0 Å². The second-order valence-corrected chi connectivity index (χ2v) is 3.75. The third-order valence-electron chi connectivity index (χ3n) is 2.16. The lowest BCUT2D eigenvalue weighted by Crippen LogP contribution is -2.06. The van der Waals surface area contributed by atoms with Gasteiger partial charge in [0.05, 0.1) is 22.3 Å². The van der Waals surface area contributed by atoms with Crippen LogP contribution in [0.15, 0.2) is 23.3 Å². The summed E-state index contributed by atoms with van der Waals surface area (Å²) in [4.78, 5) is 30.2. The van der Waals surface area contributed by atoms with Gasteiger partial charge in [-0.15, -0.1) is 0 Å². The molecule has 10 nitrogen and oxygen atoms in total. The Bertz CT molecular complexity index is 597. The highest BCUT2D eigenvalue weighted by Crippen LogP contribution is 2.28. The number of rotatable bonds is 6. The first-order valence-corrected chi connectivity index (χ1v) is 5.25. The molecular weight excluding hydrogens is 272 g/mol. The van der Waals surface area contributed by atoms with Gasteiger partial charge >= 0.3 is 11.7 Å². The number of aliphatic carboxylic acids is 1. The van der Waals surface area contributed by atoms with Crippen molar-refractivity contribution in [1.82, 2.24) is 0 Å². The van der Waals surface area contributed by atoms with Crippen molar-refractivity contribution in [2.24, 2.45) is 5.10 Å². The number of nitro benzene ring substituents is 2. The second kappa shape index (κ2) is 6.22. The Morgan fingerprint density at radius 2 is 2.00 bits per heavy atom. The molecule has 0 radical (unpaired) electrons. The van der Waals surface area contributed by atoms with Crippen LogP contribution < -0.4 is 5.43 Å². The molecule has 0 aliphatic carbocycles. The fraction of sp³-hybridized carbons (Fsp3) is 0.200. The van der Waals surface area contributed by atoms with Crippen LogP contribution in [-0.4, -0.2) is 26.6 Å². The zero-order chi connectivity index (χ0) is 15.3. The molecule has 10 heteroatoms. The zero-order valence-corrected chi connectivity index (χ0v) is 10.3. The fourth-order valence-electron chi connectivity index (χ4n) is 1.29. The van der Waals surface area contributed by atoms with E-state index in [0.717, 1.165) is 18.2 Å². The number of non-ortho nitro benzene ring substituents is 1.